The molecule has 0 spiro atoms. The van der Waals surface area contributed by atoms with Gasteiger partial charge in [0.1, 0.15) is 5.52 Å². The maximum atomic E-state index is 4.80. The Labute approximate surface area is 253 Å². The molecule has 8 aromatic rings. The summed E-state index contributed by atoms with van der Waals surface area (Å²) in [4.78, 5) is 9.02. The molecule has 0 aliphatic rings. The fourth-order valence-electron chi connectivity index (χ4n) is 4.70. The van der Waals surface area contributed by atoms with Crippen LogP contribution in [0, 0.1) is 12.1 Å². The monoisotopic (exact) mass is 725 g/mol. The first-order valence-corrected chi connectivity index (χ1v) is 13.5. The van der Waals surface area contributed by atoms with Gasteiger partial charge in [-0.25, -0.2) is 0 Å². The van der Waals surface area contributed by atoms with E-state index in [9.17, 15) is 0 Å². The van der Waals surface area contributed by atoms with Gasteiger partial charge in [0.15, 0.2) is 5.65 Å². The van der Waals surface area contributed by atoms with Crippen LogP contribution in [0.25, 0.3) is 59.7 Å². The molecule has 0 saturated heterocycles. The van der Waals surface area contributed by atoms with Gasteiger partial charge in [0, 0.05) is 36.7 Å². The van der Waals surface area contributed by atoms with Gasteiger partial charge in [0.2, 0.25) is 0 Å². The summed E-state index contributed by atoms with van der Waals surface area (Å²) in [6.07, 6.45) is 3.49. The fraction of sp³-hybridized carbons (Fsp3) is 0. The molecule has 4 aromatic carbocycles. The van der Waals surface area contributed by atoms with E-state index in [4.69, 9.17) is 4.98 Å². The molecule has 8 heteroatoms. The molecular weight excluding hydrogens is 705 g/mol. The van der Waals surface area contributed by atoms with E-state index >= 15 is 0 Å². The standard InChI is InChI=1S/C22H12N5S.C11H8N.Ir/c1-2-7-14(8-3-1)27-18-13-23-26-25-21(18)24-22(27)17-11-6-10-16-15-9-4-5-12-19(15)28-20(16)17;1-2-6-10(7-3-1)11-8-4-5-9-12-11;/h1-10,12-13H;1-6,8-9H;/q2*-1;. The Balaban J connectivity index is 0.000000196. The van der Waals surface area contributed by atoms with Crippen molar-refractivity contribution in [3.63, 3.8) is 0 Å². The van der Waals surface area contributed by atoms with E-state index < -0.39 is 0 Å². The minimum absolute atomic E-state index is 0. The first-order chi connectivity index (χ1) is 19.9. The number of hydrogen-bond donors (Lipinski definition) is 0. The molecule has 0 fully saturated rings. The molecule has 6 nitrogen and oxygen atoms in total. The van der Waals surface area contributed by atoms with Crippen molar-refractivity contribution < 1.29 is 20.1 Å². The SMILES string of the molecule is [Ir].[c-]1ccc2c(sc3ccccc32)c1-c1nc2nnncc2n1-c1ccccc1.[c-]1ccccc1-c1ccccn1. The first-order valence-electron chi connectivity index (χ1n) is 12.7. The molecule has 0 unspecified atom stereocenters. The molecule has 0 bridgehead atoms. The van der Waals surface area contributed by atoms with Crippen LogP contribution in [-0.4, -0.2) is 29.9 Å². The summed E-state index contributed by atoms with van der Waals surface area (Å²) in [6, 6.07) is 42.9. The number of fused-ring (bicyclic) bond motifs is 4. The Morgan fingerprint density at radius 1 is 0.732 bits per heavy atom. The van der Waals surface area contributed by atoms with Crippen LogP contribution in [0.2, 0.25) is 0 Å². The second-order valence-electron chi connectivity index (χ2n) is 8.93. The number of hydrogen-bond acceptors (Lipinski definition) is 6. The second-order valence-corrected chi connectivity index (χ2v) is 9.99. The van der Waals surface area contributed by atoms with Crippen LogP contribution in [0.5, 0.6) is 0 Å². The van der Waals surface area contributed by atoms with Crippen LogP contribution in [0.3, 0.4) is 0 Å². The van der Waals surface area contributed by atoms with Gasteiger partial charge in [-0.2, -0.15) is 11.3 Å². The first kappa shape index (κ1) is 26.6. The molecule has 0 saturated carbocycles. The van der Waals surface area contributed by atoms with Crippen molar-refractivity contribution in [2.24, 2.45) is 0 Å². The maximum absolute atomic E-state index is 4.80. The molecule has 0 atom stereocenters. The fourth-order valence-corrected chi connectivity index (χ4v) is 5.89. The molecule has 4 aromatic heterocycles. The molecule has 4 heterocycles. The molecular formula is C33H20IrN6S-2. The van der Waals surface area contributed by atoms with Crippen molar-refractivity contribution in [1.82, 2.24) is 29.9 Å². The van der Waals surface area contributed by atoms with Gasteiger partial charge in [0.25, 0.3) is 0 Å². The van der Waals surface area contributed by atoms with E-state index in [2.05, 4.69) is 79.6 Å². The predicted octanol–water partition coefficient (Wildman–Crippen LogP) is 7.59. The van der Waals surface area contributed by atoms with E-state index in [1.54, 1.807) is 23.7 Å². The van der Waals surface area contributed by atoms with Crippen LogP contribution >= 0.6 is 11.3 Å². The van der Waals surface area contributed by atoms with Gasteiger partial charge in [-0.05, 0) is 45.3 Å². The minimum atomic E-state index is 0. The molecule has 0 aliphatic carbocycles. The molecule has 41 heavy (non-hydrogen) atoms. The largest absolute Gasteiger partial charge is 0.330 e. The Morgan fingerprint density at radius 3 is 2.39 bits per heavy atom. The topological polar surface area (TPSA) is 69.4 Å². The minimum Gasteiger partial charge on any atom is -0.330 e. The Bertz CT molecular complexity index is 2020. The van der Waals surface area contributed by atoms with E-state index in [0.29, 0.717) is 5.65 Å². The summed E-state index contributed by atoms with van der Waals surface area (Å²) in [7, 11) is 0. The summed E-state index contributed by atoms with van der Waals surface area (Å²) < 4.78 is 4.49. The quantitative estimate of drug-likeness (QED) is 0.176. The van der Waals surface area contributed by atoms with E-state index in [-0.39, 0.29) is 20.1 Å². The normalized spacial score (nSPS) is 10.7. The van der Waals surface area contributed by atoms with Crippen LogP contribution < -0.4 is 0 Å². The summed E-state index contributed by atoms with van der Waals surface area (Å²) in [6.45, 7) is 0. The van der Waals surface area contributed by atoms with E-state index in [1.807, 2.05) is 66.7 Å². The number of benzene rings is 4. The van der Waals surface area contributed by atoms with Crippen molar-refractivity contribution in [2.75, 3.05) is 0 Å². The maximum Gasteiger partial charge on any atom is 0.194 e. The smallest absolute Gasteiger partial charge is 0.194 e. The van der Waals surface area contributed by atoms with Crippen molar-refractivity contribution in [3.8, 4) is 28.3 Å². The number of para-hydroxylation sites is 1. The third-order valence-electron chi connectivity index (χ3n) is 6.49. The zero-order valence-corrected chi connectivity index (χ0v) is 24.7. The predicted molar refractivity (Wildman–Crippen MR) is 160 cm³/mol. The van der Waals surface area contributed by atoms with E-state index in [1.165, 1.54) is 15.5 Å². The number of pyridine rings is 1. The van der Waals surface area contributed by atoms with Gasteiger partial charge in [-0.1, -0.05) is 59.5 Å². The summed E-state index contributed by atoms with van der Waals surface area (Å²) in [5, 5.41) is 14.3. The zero-order valence-electron chi connectivity index (χ0n) is 21.5. The van der Waals surface area contributed by atoms with Crippen LogP contribution in [0.1, 0.15) is 0 Å². The van der Waals surface area contributed by atoms with Crippen LogP contribution in [-0.2, 0) is 20.1 Å². The van der Waals surface area contributed by atoms with E-state index in [0.717, 1.165) is 38.5 Å². The second kappa shape index (κ2) is 11.9. The van der Waals surface area contributed by atoms with Crippen molar-refractivity contribution in [1.29, 1.82) is 0 Å². The third-order valence-corrected chi connectivity index (χ3v) is 7.70. The van der Waals surface area contributed by atoms with Gasteiger partial charge < -0.3 is 9.55 Å². The summed E-state index contributed by atoms with van der Waals surface area (Å²) in [5.74, 6) is 0.792. The Kier molecular flexibility index (Phi) is 7.69. The molecule has 8 rings (SSSR count). The molecule has 1 radical (unpaired) electrons. The number of imidazole rings is 1. The Hall–Kier alpha value is -4.62. The summed E-state index contributed by atoms with van der Waals surface area (Å²) in [5.41, 5.74) is 5.36. The van der Waals surface area contributed by atoms with Crippen LogP contribution in [0.15, 0.2) is 122 Å². The number of thiophene rings is 1. The van der Waals surface area contributed by atoms with Gasteiger partial charge >= 0.3 is 0 Å². The number of aromatic nitrogens is 6. The average Bonchev–Trinajstić information content (AvgIpc) is 3.62. The van der Waals surface area contributed by atoms with Gasteiger partial charge in [0.05, 0.1) is 12.0 Å². The Morgan fingerprint density at radius 2 is 1.56 bits per heavy atom. The average molecular weight is 725 g/mol. The molecule has 0 amide bonds. The van der Waals surface area contributed by atoms with Gasteiger partial charge in [-0.15, -0.1) is 64.3 Å². The number of nitrogens with zero attached hydrogens (tertiary/aromatic N) is 6. The van der Waals surface area contributed by atoms with Crippen LogP contribution in [0.4, 0.5) is 0 Å². The zero-order chi connectivity index (χ0) is 26.7. The number of rotatable bonds is 3. The van der Waals surface area contributed by atoms with Crippen molar-refractivity contribution >= 4 is 42.7 Å². The third kappa shape index (κ3) is 5.16. The molecule has 0 N–H and O–H groups in total. The van der Waals surface area contributed by atoms with Gasteiger partial charge in [-0.3, -0.25) is 4.98 Å². The summed E-state index contributed by atoms with van der Waals surface area (Å²) >= 11 is 1.76. The van der Waals surface area contributed by atoms with Crippen molar-refractivity contribution in [3.05, 3.63) is 134 Å². The molecule has 199 valence electrons. The molecule has 0 aliphatic heterocycles. The van der Waals surface area contributed by atoms with Crippen molar-refractivity contribution in [2.45, 2.75) is 0 Å².